The molecule has 7 nitrogen and oxygen atoms in total. The van der Waals surface area contributed by atoms with Gasteiger partial charge in [-0.25, -0.2) is 4.79 Å². The van der Waals surface area contributed by atoms with Crippen LogP contribution in [-0.2, 0) is 24.7 Å². The summed E-state index contributed by atoms with van der Waals surface area (Å²) < 4.78 is 11.8. The van der Waals surface area contributed by atoms with Crippen molar-refractivity contribution in [1.29, 1.82) is 0 Å². The van der Waals surface area contributed by atoms with Crippen LogP contribution in [0.1, 0.15) is 103 Å². The summed E-state index contributed by atoms with van der Waals surface area (Å²) in [5.41, 5.74) is -1.91. The number of thiocarbonyl (C=S) groups is 1. The first kappa shape index (κ1) is 40.7. The minimum absolute atomic E-state index is 0.0380. The van der Waals surface area contributed by atoms with E-state index in [4.69, 9.17) is 21.7 Å². The summed E-state index contributed by atoms with van der Waals surface area (Å²) in [6.45, 7) is 6.19. The van der Waals surface area contributed by atoms with Gasteiger partial charge in [-0.1, -0.05) is 132 Å². The van der Waals surface area contributed by atoms with Crippen LogP contribution >= 0.6 is 24.0 Å². The van der Waals surface area contributed by atoms with Crippen LogP contribution < -0.4 is 0 Å². The summed E-state index contributed by atoms with van der Waals surface area (Å²) in [7, 11) is 1.44. The van der Waals surface area contributed by atoms with Gasteiger partial charge >= 0.3 is 5.97 Å². The van der Waals surface area contributed by atoms with Crippen LogP contribution in [0.25, 0.3) is 0 Å². The van der Waals surface area contributed by atoms with Crippen LogP contribution in [0, 0.1) is 11.8 Å². The molecule has 49 heavy (non-hydrogen) atoms. The molecule has 1 amide bonds. The van der Waals surface area contributed by atoms with E-state index in [2.05, 4.69) is 6.92 Å². The maximum absolute atomic E-state index is 14.7. The van der Waals surface area contributed by atoms with Crippen molar-refractivity contribution >= 4 is 41.0 Å². The van der Waals surface area contributed by atoms with Crippen molar-refractivity contribution in [3.8, 4) is 0 Å². The Morgan fingerprint density at radius 2 is 1.51 bits per heavy atom. The smallest absolute Gasteiger partial charge is 0.336 e. The van der Waals surface area contributed by atoms with Gasteiger partial charge in [-0.3, -0.25) is 9.69 Å². The lowest BCUT2D eigenvalue weighted by Gasteiger charge is -2.39. The molecule has 0 aromatic heterocycles. The molecule has 0 spiro atoms. The molecule has 0 bridgehead atoms. The molecule has 1 saturated heterocycles. The number of allylic oxidation sites excluding steroid dienone is 1. The first-order valence-corrected chi connectivity index (χ1v) is 19.6. The number of carbonyl (C=O) groups is 2. The van der Waals surface area contributed by atoms with Crippen LogP contribution in [0.3, 0.4) is 0 Å². The first-order chi connectivity index (χ1) is 23.6. The number of amides is 1. The van der Waals surface area contributed by atoms with Gasteiger partial charge in [-0.2, -0.15) is 11.8 Å². The van der Waals surface area contributed by atoms with Crippen molar-refractivity contribution in [2.24, 2.45) is 11.8 Å². The fraction of sp³-hybridized carbons (Fsp3) is 0.575. The molecular weight excluding hydrogens is 655 g/mol. The second-order valence-electron chi connectivity index (χ2n) is 13.3. The van der Waals surface area contributed by atoms with E-state index >= 15 is 0 Å². The first-order valence-electron chi connectivity index (χ1n) is 18.0. The number of aliphatic hydroxyl groups is 1. The predicted octanol–water partition coefficient (Wildman–Crippen LogP) is 8.78. The Labute approximate surface area is 303 Å². The second kappa shape index (κ2) is 20.8. The number of thioether (sulfide) groups is 1. The summed E-state index contributed by atoms with van der Waals surface area (Å²) in [6, 6.07) is 18.7. The molecule has 2 aromatic carbocycles. The fourth-order valence-electron chi connectivity index (χ4n) is 6.75. The molecule has 0 saturated carbocycles. The van der Waals surface area contributed by atoms with Crippen molar-refractivity contribution in [1.82, 2.24) is 4.90 Å². The zero-order valence-corrected chi connectivity index (χ0v) is 31.5. The van der Waals surface area contributed by atoms with E-state index in [1.807, 2.05) is 92.3 Å². The number of hydrogen-bond donors (Lipinski definition) is 2. The predicted molar refractivity (Wildman–Crippen MR) is 204 cm³/mol. The summed E-state index contributed by atoms with van der Waals surface area (Å²) >= 11 is 7.84. The molecule has 0 aliphatic carbocycles. The molecule has 3 rings (SSSR count). The van der Waals surface area contributed by atoms with Gasteiger partial charge in [0, 0.05) is 31.3 Å². The molecule has 2 aromatic rings. The van der Waals surface area contributed by atoms with E-state index in [1.165, 1.54) is 62.0 Å². The number of ether oxygens (including phenoxy) is 2. The topological polar surface area (TPSA) is 96.3 Å². The van der Waals surface area contributed by atoms with Gasteiger partial charge in [0.1, 0.15) is 0 Å². The van der Waals surface area contributed by atoms with E-state index in [0.29, 0.717) is 6.42 Å². The lowest BCUT2D eigenvalue weighted by molar-refractivity contribution is -0.170. The lowest BCUT2D eigenvalue weighted by Crippen LogP contribution is -2.57. The number of aliphatic carboxylic acids is 1. The number of unbranched alkanes of at least 4 members (excludes halogenated alkanes) is 8. The normalized spacial score (nSPS) is 17.7. The quantitative estimate of drug-likeness (QED) is 0.0671. The highest BCUT2D eigenvalue weighted by Gasteiger charge is 2.60. The molecule has 3 atom stereocenters. The lowest BCUT2D eigenvalue weighted by atomic mass is 9.75. The Morgan fingerprint density at radius 3 is 2.02 bits per heavy atom. The van der Waals surface area contributed by atoms with Gasteiger partial charge in [0.15, 0.2) is 11.2 Å². The van der Waals surface area contributed by atoms with Crippen molar-refractivity contribution < 1.29 is 29.3 Å². The van der Waals surface area contributed by atoms with Crippen LogP contribution in [0.15, 0.2) is 72.8 Å². The van der Waals surface area contributed by atoms with Gasteiger partial charge in [0.25, 0.3) is 5.17 Å². The number of carbonyl (C=O) groups excluding carboxylic acids is 1. The SMILES string of the molecule is CCCCCCCSCCCCCC/C=C/[C@H](C(=O)N1C(=S)OC(c2ccccc2)(c2ccccc2)[C@@H]1C(C)C)[C@@](O)(CCOC)C(=O)O. The number of methoxy groups -OCH3 is 1. The van der Waals surface area contributed by atoms with Gasteiger partial charge in [-0.05, 0) is 55.3 Å². The van der Waals surface area contributed by atoms with Crippen molar-refractivity contribution in [2.75, 3.05) is 25.2 Å². The number of hydrogen-bond acceptors (Lipinski definition) is 7. The van der Waals surface area contributed by atoms with Crippen LogP contribution in [-0.4, -0.2) is 69.0 Å². The number of rotatable bonds is 23. The monoisotopic (exact) mass is 711 g/mol. The van der Waals surface area contributed by atoms with Crippen molar-refractivity contribution in [3.63, 3.8) is 0 Å². The molecule has 270 valence electrons. The van der Waals surface area contributed by atoms with E-state index < -0.39 is 35.0 Å². The summed E-state index contributed by atoms with van der Waals surface area (Å²) in [4.78, 5) is 28.9. The van der Waals surface area contributed by atoms with E-state index in [-0.39, 0.29) is 24.1 Å². The van der Waals surface area contributed by atoms with Crippen molar-refractivity contribution in [2.45, 2.75) is 109 Å². The van der Waals surface area contributed by atoms with Gasteiger partial charge in [0.05, 0.1) is 12.0 Å². The van der Waals surface area contributed by atoms with Gasteiger partial charge < -0.3 is 19.7 Å². The third kappa shape index (κ3) is 10.6. The molecule has 1 fully saturated rings. The standard InChI is InChI=1S/C40H57NO6S2/c1-5-6-7-11-20-29-49-30-21-12-9-8-10-19-26-34(39(45,37(43)44)27-28-46-4)36(42)41-35(31(2)3)40(47-38(41)48,32-22-15-13-16-23-32)33-24-17-14-18-25-33/h13-19,22-26,31,34-35,45H,5-12,20-21,27-30H2,1-4H3,(H,43,44)/b26-19+/t34-,35+,39+/m1/s1. The minimum Gasteiger partial charge on any atom is -0.479 e. The molecule has 9 heteroatoms. The number of carboxylic acids is 1. The highest BCUT2D eigenvalue weighted by atomic mass is 32.2. The van der Waals surface area contributed by atoms with Crippen molar-refractivity contribution in [3.05, 3.63) is 83.9 Å². The van der Waals surface area contributed by atoms with Crippen LogP contribution in [0.2, 0.25) is 0 Å². The fourth-order valence-corrected chi connectivity index (χ4v) is 8.10. The number of nitrogens with zero attached hydrogens (tertiary/aromatic N) is 1. The Morgan fingerprint density at radius 1 is 0.959 bits per heavy atom. The van der Waals surface area contributed by atoms with Crippen LogP contribution in [0.5, 0.6) is 0 Å². The molecule has 0 unspecified atom stereocenters. The zero-order valence-electron chi connectivity index (χ0n) is 29.9. The third-order valence-electron chi connectivity index (χ3n) is 9.38. The third-order valence-corrected chi connectivity index (χ3v) is 10.8. The van der Waals surface area contributed by atoms with Gasteiger partial charge in [-0.15, -0.1) is 0 Å². The Kier molecular flexibility index (Phi) is 17.3. The van der Waals surface area contributed by atoms with E-state index in [9.17, 15) is 19.8 Å². The molecule has 0 radical (unpaired) electrons. The minimum atomic E-state index is -2.42. The molecule has 1 heterocycles. The van der Waals surface area contributed by atoms with Crippen LogP contribution in [0.4, 0.5) is 0 Å². The number of carboxylic acid groups (broad SMARTS) is 1. The largest absolute Gasteiger partial charge is 0.479 e. The second-order valence-corrected chi connectivity index (χ2v) is 14.9. The molecular formula is C40H57NO6S2. The Bertz CT molecular complexity index is 1280. The Balaban J connectivity index is 1.82. The summed E-state index contributed by atoms with van der Waals surface area (Å²) in [5.74, 6) is -1.27. The average Bonchev–Trinajstić information content (AvgIpc) is 3.43. The summed E-state index contributed by atoms with van der Waals surface area (Å²) in [5, 5.41) is 22.0. The highest BCUT2D eigenvalue weighted by molar-refractivity contribution is 7.99. The molecule has 2 N–H and O–H groups in total. The maximum Gasteiger partial charge on any atom is 0.336 e. The highest BCUT2D eigenvalue weighted by Crippen LogP contribution is 2.48. The molecule has 1 aliphatic rings. The van der Waals surface area contributed by atoms with E-state index in [1.54, 1.807) is 6.08 Å². The maximum atomic E-state index is 14.7. The summed E-state index contributed by atoms with van der Waals surface area (Å²) in [6.07, 6.45) is 14.6. The average molecular weight is 712 g/mol. The van der Waals surface area contributed by atoms with Gasteiger partial charge in [0.2, 0.25) is 5.91 Å². The van der Waals surface area contributed by atoms with E-state index in [0.717, 1.165) is 30.4 Å². The zero-order chi connectivity index (χ0) is 35.7. The molecule has 1 aliphatic heterocycles. The Hall–Kier alpha value is -2.72. The number of benzene rings is 2.